The van der Waals surface area contributed by atoms with Crippen molar-refractivity contribution in [3.8, 4) is 0 Å². The minimum absolute atomic E-state index is 0.00385. The fourth-order valence-corrected chi connectivity index (χ4v) is 2.09. The van der Waals surface area contributed by atoms with Crippen LogP contribution >= 0.6 is 15.9 Å². The summed E-state index contributed by atoms with van der Waals surface area (Å²) in [6.45, 7) is 5.68. The lowest BCUT2D eigenvalue weighted by Crippen LogP contribution is -2.28. The van der Waals surface area contributed by atoms with Crippen molar-refractivity contribution >= 4 is 21.6 Å². The number of benzene rings is 1. The average molecular weight is 287 g/mol. The second-order valence-electron chi connectivity index (χ2n) is 3.80. The van der Waals surface area contributed by atoms with Crippen LogP contribution in [0.25, 0.3) is 0 Å². The number of aliphatic hydroxyl groups is 1. The fraction of sp³-hybridized carbons (Fsp3) is 0.500. The van der Waals surface area contributed by atoms with E-state index in [0.29, 0.717) is 6.54 Å². The smallest absolute Gasteiger partial charge is 0.0606 e. The fourth-order valence-electron chi connectivity index (χ4n) is 1.75. The summed E-state index contributed by atoms with van der Waals surface area (Å²) in [6.07, 6.45) is 0. The number of nitrogens with zero attached hydrogens (tertiary/aromatic N) is 1. The van der Waals surface area contributed by atoms with Crippen LogP contribution in [-0.4, -0.2) is 24.8 Å². The SMILES string of the molecule is CCN(CCO)c1cc(Br)ccc1C(C)N. The third-order valence-electron chi connectivity index (χ3n) is 2.58. The van der Waals surface area contributed by atoms with Gasteiger partial charge >= 0.3 is 0 Å². The molecule has 0 radical (unpaired) electrons. The van der Waals surface area contributed by atoms with Crippen LogP contribution in [0.5, 0.6) is 0 Å². The highest BCUT2D eigenvalue weighted by Crippen LogP contribution is 2.28. The second-order valence-corrected chi connectivity index (χ2v) is 4.71. The molecule has 0 aromatic heterocycles. The van der Waals surface area contributed by atoms with Gasteiger partial charge in [-0.1, -0.05) is 22.0 Å². The monoisotopic (exact) mass is 286 g/mol. The standard InChI is InChI=1S/C12H19BrN2O/c1-3-15(6-7-16)12-8-10(13)4-5-11(12)9(2)14/h4-5,8-9,16H,3,6-7,14H2,1-2H3. The zero-order chi connectivity index (χ0) is 12.1. The molecule has 3 nitrogen and oxygen atoms in total. The van der Waals surface area contributed by atoms with Crippen LogP contribution in [0.4, 0.5) is 5.69 Å². The van der Waals surface area contributed by atoms with E-state index in [0.717, 1.165) is 22.3 Å². The first-order chi connectivity index (χ1) is 7.60. The molecule has 1 atom stereocenters. The highest BCUT2D eigenvalue weighted by atomic mass is 79.9. The van der Waals surface area contributed by atoms with Crippen molar-refractivity contribution in [1.82, 2.24) is 0 Å². The normalized spacial score (nSPS) is 12.6. The lowest BCUT2D eigenvalue weighted by Gasteiger charge is -2.26. The zero-order valence-corrected chi connectivity index (χ0v) is 11.4. The lowest BCUT2D eigenvalue weighted by atomic mass is 10.1. The molecule has 16 heavy (non-hydrogen) atoms. The predicted molar refractivity (Wildman–Crippen MR) is 71.7 cm³/mol. The van der Waals surface area contributed by atoms with Crippen LogP contribution in [0.3, 0.4) is 0 Å². The highest BCUT2D eigenvalue weighted by molar-refractivity contribution is 9.10. The van der Waals surface area contributed by atoms with Gasteiger partial charge in [0, 0.05) is 29.3 Å². The van der Waals surface area contributed by atoms with Crippen LogP contribution in [0, 0.1) is 0 Å². The molecule has 0 fully saturated rings. The van der Waals surface area contributed by atoms with Crippen LogP contribution in [0.2, 0.25) is 0 Å². The van der Waals surface area contributed by atoms with Crippen molar-refractivity contribution in [2.24, 2.45) is 5.73 Å². The Morgan fingerprint density at radius 1 is 1.50 bits per heavy atom. The summed E-state index contributed by atoms with van der Waals surface area (Å²) in [7, 11) is 0. The summed E-state index contributed by atoms with van der Waals surface area (Å²) < 4.78 is 1.03. The van der Waals surface area contributed by atoms with Crippen molar-refractivity contribution in [3.05, 3.63) is 28.2 Å². The van der Waals surface area contributed by atoms with Gasteiger partial charge in [0.1, 0.15) is 0 Å². The van der Waals surface area contributed by atoms with E-state index in [9.17, 15) is 0 Å². The van der Waals surface area contributed by atoms with Crippen LogP contribution in [0.15, 0.2) is 22.7 Å². The number of rotatable bonds is 5. The Bertz CT molecular complexity index is 342. The van der Waals surface area contributed by atoms with Gasteiger partial charge in [0.25, 0.3) is 0 Å². The van der Waals surface area contributed by atoms with Crippen molar-refractivity contribution in [3.63, 3.8) is 0 Å². The minimum Gasteiger partial charge on any atom is -0.395 e. The van der Waals surface area contributed by atoms with E-state index < -0.39 is 0 Å². The van der Waals surface area contributed by atoms with Crippen molar-refractivity contribution in [1.29, 1.82) is 0 Å². The summed E-state index contributed by atoms with van der Waals surface area (Å²) in [5, 5.41) is 9.04. The average Bonchev–Trinajstić information content (AvgIpc) is 2.25. The van der Waals surface area contributed by atoms with Crippen LogP contribution < -0.4 is 10.6 Å². The molecule has 1 aromatic carbocycles. The van der Waals surface area contributed by atoms with Crippen molar-refractivity contribution < 1.29 is 5.11 Å². The zero-order valence-electron chi connectivity index (χ0n) is 9.78. The Hall–Kier alpha value is -0.580. The number of halogens is 1. The molecule has 0 spiro atoms. The van der Waals surface area contributed by atoms with E-state index >= 15 is 0 Å². The Balaban J connectivity index is 3.11. The van der Waals surface area contributed by atoms with E-state index in [1.807, 2.05) is 19.1 Å². The van der Waals surface area contributed by atoms with E-state index in [2.05, 4.69) is 33.8 Å². The van der Waals surface area contributed by atoms with Gasteiger partial charge < -0.3 is 15.7 Å². The van der Waals surface area contributed by atoms with Gasteiger partial charge in [-0.25, -0.2) is 0 Å². The minimum atomic E-state index is -0.00385. The highest BCUT2D eigenvalue weighted by Gasteiger charge is 2.12. The van der Waals surface area contributed by atoms with Gasteiger partial charge in [0.05, 0.1) is 6.61 Å². The van der Waals surface area contributed by atoms with E-state index in [1.54, 1.807) is 0 Å². The number of aliphatic hydroxyl groups excluding tert-OH is 1. The summed E-state index contributed by atoms with van der Waals surface area (Å²) >= 11 is 3.46. The van der Waals surface area contributed by atoms with Crippen molar-refractivity contribution in [2.75, 3.05) is 24.6 Å². The van der Waals surface area contributed by atoms with Crippen molar-refractivity contribution in [2.45, 2.75) is 19.9 Å². The molecule has 0 aliphatic heterocycles. The molecule has 0 saturated heterocycles. The third kappa shape index (κ3) is 3.20. The summed E-state index contributed by atoms with van der Waals surface area (Å²) in [6, 6.07) is 6.08. The maximum absolute atomic E-state index is 9.04. The van der Waals surface area contributed by atoms with Gasteiger partial charge in [0.15, 0.2) is 0 Å². The molecule has 0 heterocycles. The van der Waals surface area contributed by atoms with Gasteiger partial charge in [-0.15, -0.1) is 0 Å². The van der Waals surface area contributed by atoms with Gasteiger partial charge in [0.2, 0.25) is 0 Å². The molecule has 90 valence electrons. The number of likely N-dealkylation sites (N-methyl/N-ethyl adjacent to an activating group) is 1. The Morgan fingerprint density at radius 3 is 2.69 bits per heavy atom. The molecule has 0 aliphatic rings. The number of nitrogens with two attached hydrogens (primary N) is 1. The molecule has 0 bridgehead atoms. The predicted octanol–water partition coefficient (Wildman–Crippen LogP) is 2.29. The molecule has 0 aliphatic carbocycles. The number of hydrogen-bond donors (Lipinski definition) is 2. The molecule has 1 rings (SSSR count). The van der Waals surface area contributed by atoms with Gasteiger partial charge in [-0.2, -0.15) is 0 Å². The lowest BCUT2D eigenvalue weighted by molar-refractivity contribution is 0.302. The summed E-state index contributed by atoms with van der Waals surface area (Å²) in [5.41, 5.74) is 8.16. The first-order valence-corrected chi connectivity index (χ1v) is 6.30. The first kappa shape index (κ1) is 13.5. The second kappa shape index (κ2) is 6.23. The maximum atomic E-state index is 9.04. The molecule has 0 saturated carbocycles. The number of anilines is 1. The maximum Gasteiger partial charge on any atom is 0.0606 e. The molecule has 4 heteroatoms. The topological polar surface area (TPSA) is 49.5 Å². The molecule has 0 amide bonds. The van der Waals surface area contributed by atoms with Crippen LogP contribution in [0.1, 0.15) is 25.5 Å². The van der Waals surface area contributed by atoms with Gasteiger partial charge in [-0.3, -0.25) is 0 Å². The first-order valence-electron chi connectivity index (χ1n) is 5.51. The van der Waals surface area contributed by atoms with Gasteiger partial charge in [-0.05, 0) is 31.5 Å². The Morgan fingerprint density at radius 2 is 2.19 bits per heavy atom. The molecule has 1 aromatic rings. The number of hydrogen-bond acceptors (Lipinski definition) is 3. The molecule has 1 unspecified atom stereocenters. The molecular formula is C12H19BrN2O. The third-order valence-corrected chi connectivity index (χ3v) is 3.07. The molecule has 3 N–H and O–H groups in total. The Labute approximate surface area is 105 Å². The van der Waals surface area contributed by atoms with Crippen LogP contribution in [-0.2, 0) is 0 Å². The Kier molecular flexibility index (Phi) is 5.25. The largest absolute Gasteiger partial charge is 0.395 e. The summed E-state index contributed by atoms with van der Waals surface area (Å²) in [4.78, 5) is 2.13. The van der Waals surface area contributed by atoms with E-state index in [4.69, 9.17) is 10.8 Å². The van der Waals surface area contributed by atoms with E-state index in [1.165, 1.54) is 0 Å². The quantitative estimate of drug-likeness (QED) is 0.873. The summed E-state index contributed by atoms with van der Waals surface area (Å²) in [5.74, 6) is 0. The van der Waals surface area contributed by atoms with E-state index in [-0.39, 0.29) is 12.6 Å². The molecular weight excluding hydrogens is 268 g/mol.